The van der Waals surface area contributed by atoms with Crippen molar-refractivity contribution in [2.75, 3.05) is 0 Å². The number of nitrogens with zero attached hydrogens (tertiary/aromatic N) is 1. The molecule has 6 nitrogen and oxygen atoms in total. The fourth-order valence-corrected chi connectivity index (χ4v) is 1.52. The monoisotopic (exact) mass is 237 g/mol. The minimum absolute atomic E-state index is 0.0410. The summed E-state index contributed by atoms with van der Waals surface area (Å²) >= 11 is 0. The summed E-state index contributed by atoms with van der Waals surface area (Å²) in [6.45, 7) is 2.07. The molecule has 0 aliphatic carbocycles. The number of nitro benzene ring substituents is 1. The highest BCUT2D eigenvalue weighted by Crippen LogP contribution is 2.17. The molecule has 92 valence electrons. The van der Waals surface area contributed by atoms with Gasteiger partial charge in [-0.1, -0.05) is 25.1 Å². The summed E-state index contributed by atoms with van der Waals surface area (Å²) < 4.78 is 0. The maximum absolute atomic E-state index is 11.0. The fourth-order valence-electron chi connectivity index (χ4n) is 1.52. The van der Waals surface area contributed by atoms with E-state index in [0.717, 1.165) is 0 Å². The molecule has 1 aromatic rings. The lowest BCUT2D eigenvalue weighted by Crippen LogP contribution is -2.40. The van der Waals surface area contributed by atoms with Crippen molar-refractivity contribution >= 4 is 11.6 Å². The van der Waals surface area contributed by atoms with Crippen molar-refractivity contribution in [2.45, 2.75) is 25.9 Å². The number of amides is 1. The summed E-state index contributed by atoms with van der Waals surface area (Å²) in [5.74, 6) is -0.453. The lowest BCUT2D eigenvalue weighted by Gasteiger charge is -2.12. The fraction of sp³-hybridized carbons (Fsp3) is 0.364. The van der Waals surface area contributed by atoms with Crippen molar-refractivity contribution in [3.63, 3.8) is 0 Å². The second-order valence-corrected chi connectivity index (χ2v) is 3.63. The van der Waals surface area contributed by atoms with Crippen LogP contribution in [-0.2, 0) is 11.3 Å². The highest BCUT2D eigenvalue weighted by molar-refractivity contribution is 5.79. The van der Waals surface area contributed by atoms with Crippen molar-refractivity contribution in [3.8, 4) is 0 Å². The normalized spacial score (nSPS) is 12.1. The molecule has 0 bridgehead atoms. The number of rotatable bonds is 6. The van der Waals surface area contributed by atoms with Crippen LogP contribution in [-0.4, -0.2) is 16.9 Å². The predicted molar refractivity (Wildman–Crippen MR) is 63.2 cm³/mol. The Bertz CT molecular complexity index is 420. The Morgan fingerprint density at radius 3 is 2.71 bits per heavy atom. The number of benzene rings is 1. The first kappa shape index (κ1) is 13.1. The number of primary amides is 1. The minimum Gasteiger partial charge on any atom is -0.368 e. The third kappa shape index (κ3) is 3.53. The first-order valence-electron chi connectivity index (χ1n) is 5.31. The summed E-state index contributed by atoms with van der Waals surface area (Å²) in [4.78, 5) is 21.3. The number of para-hydroxylation sites is 1. The van der Waals surface area contributed by atoms with E-state index in [0.29, 0.717) is 12.0 Å². The first-order valence-corrected chi connectivity index (χ1v) is 5.31. The van der Waals surface area contributed by atoms with E-state index in [9.17, 15) is 14.9 Å². The average Bonchev–Trinajstić information content (AvgIpc) is 2.29. The zero-order chi connectivity index (χ0) is 12.8. The van der Waals surface area contributed by atoms with E-state index in [4.69, 9.17) is 5.73 Å². The summed E-state index contributed by atoms with van der Waals surface area (Å²) in [5, 5.41) is 13.7. The molecule has 1 amide bonds. The predicted octanol–water partition coefficient (Wildman–Crippen LogP) is 0.948. The summed E-state index contributed by atoms with van der Waals surface area (Å²) in [5.41, 5.74) is 5.75. The van der Waals surface area contributed by atoms with E-state index in [1.807, 2.05) is 6.92 Å². The SMILES string of the molecule is CCC(NCc1ccccc1[N+](=O)[O-])C(N)=O. The number of carbonyl (C=O) groups is 1. The van der Waals surface area contributed by atoms with E-state index >= 15 is 0 Å². The number of nitro groups is 1. The Hall–Kier alpha value is -1.95. The molecule has 6 heteroatoms. The van der Waals surface area contributed by atoms with Crippen LogP contribution >= 0.6 is 0 Å². The number of nitrogens with one attached hydrogen (secondary N) is 1. The van der Waals surface area contributed by atoms with E-state index in [1.54, 1.807) is 18.2 Å². The second-order valence-electron chi connectivity index (χ2n) is 3.63. The Balaban J connectivity index is 2.75. The van der Waals surface area contributed by atoms with Gasteiger partial charge in [0.2, 0.25) is 5.91 Å². The van der Waals surface area contributed by atoms with Crippen LogP contribution < -0.4 is 11.1 Å². The second kappa shape index (κ2) is 5.95. The largest absolute Gasteiger partial charge is 0.368 e. The molecule has 0 fully saturated rings. The maximum Gasteiger partial charge on any atom is 0.273 e. The van der Waals surface area contributed by atoms with Gasteiger partial charge in [0.25, 0.3) is 5.69 Å². The first-order chi connectivity index (χ1) is 8.06. The Labute approximate surface area is 99.0 Å². The van der Waals surface area contributed by atoms with Gasteiger partial charge in [-0.3, -0.25) is 14.9 Å². The van der Waals surface area contributed by atoms with Crippen molar-refractivity contribution in [1.82, 2.24) is 5.32 Å². The van der Waals surface area contributed by atoms with Crippen LogP contribution in [0, 0.1) is 10.1 Å². The number of hydrogen-bond acceptors (Lipinski definition) is 4. The van der Waals surface area contributed by atoms with Gasteiger partial charge in [0.1, 0.15) is 0 Å². The maximum atomic E-state index is 11.0. The van der Waals surface area contributed by atoms with Gasteiger partial charge in [-0.05, 0) is 6.42 Å². The van der Waals surface area contributed by atoms with Crippen molar-refractivity contribution in [1.29, 1.82) is 0 Å². The average molecular weight is 237 g/mol. The van der Waals surface area contributed by atoms with Gasteiger partial charge in [0.05, 0.1) is 11.0 Å². The molecule has 0 radical (unpaired) electrons. The molecule has 0 saturated heterocycles. The van der Waals surface area contributed by atoms with Crippen LogP contribution in [0.4, 0.5) is 5.69 Å². The number of hydrogen-bond donors (Lipinski definition) is 2. The molecule has 0 saturated carbocycles. The molecular weight excluding hydrogens is 222 g/mol. The zero-order valence-electron chi connectivity index (χ0n) is 9.55. The van der Waals surface area contributed by atoms with E-state index in [-0.39, 0.29) is 12.2 Å². The summed E-state index contributed by atoms with van der Waals surface area (Å²) in [6, 6.07) is 5.94. The van der Waals surface area contributed by atoms with Crippen molar-refractivity contribution in [3.05, 3.63) is 39.9 Å². The van der Waals surface area contributed by atoms with Crippen LogP contribution in [0.3, 0.4) is 0 Å². The topological polar surface area (TPSA) is 98.3 Å². The lowest BCUT2D eigenvalue weighted by molar-refractivity contribution is -0.385. The molecule has 0 spiro atoms. The van der Waals surface area contributed by atoms with E-state index in [2.05, 4.69) is 5.32 Å². The highest BCUT2D eigenvalue weighted by atomic mass is 16.6. The van der Waals surface area contributed by atoms with Gasteiger partial charge in [-0.25, -0.2) is 0 Å². The molecule has 17 heavy (non-hydrogen) atoms. The van der Waals surface area contributed by atoms with Gasteiger partial charge in [0, 0.05) is 18.2 Å². The van der Waals surface area contributed by atoms with Gasteiger partial charge >= 0.3 is 0 Å². The molecule has 1 atom stereocenters. The standard InChI is InChI=1S/C11H15N3O3/c1-2-9(11(12)15)13-7-8-5-3-4-6-10(8)14(16)17/h3-6,9,13H,2,7H2,1H3,(H2,12,15). The molecule has 3 N–H and O–H groups in total. The van der Waals surface area contributed by atoms with Crippen molar-refractivity contribution in [2.24, 2.45) is 5.73 Å². The Morgan fingerprint density at radius 1 is 1.53 bits per heavy atom. The summed E-state index contributed by atoms with van der Waals surface area (Å²) in [7, 11) is 0. The van der Waals surface area contributed by atoms with Crippen LogP contribution in [0.1, 0.15) is 18.9 Å². The molecule has 0 aliphatic heterocycles. The third-order valence-corrected chi connectivity index (χ3v) is 2.48. The van der Waals surface area contributed by atoms with Crippen LogP contribution in [0.25, 0.3) is 0 Å². The quantitative estimate of drug-likeness (QED) is 0.568. The Kier molecular flexibility index (Phi) is 4.59. The smallest absolute Gasteiger partial charge is 0.273 e. The van der Waals surface area contributed by atoms with Crippen LogP contribution in [0.5, 0.6) is 0 Å². The summed E-state index contributed by atoms with van der Waals surface area (Å²) in [6.07, 6.45) is 0.552. The molecule has 0 aromatic heterocycles. The van der Waals surface area contributed by atoms with Crippen molar-refractivity contribution < 1.29 is 9.72 Å². The van der Waals surface area contributed by atoms with Crippen LogP contribution in [0.2, 0.25) is 0 Å². The molecule has 0 heterocycles. The molecule has 1 rings (SSSR count). The zero-order valence-corrected chi connectivity index (χ0v) is 9.55. The van der Waals surface area contributed by atoms with Crippen LogP contribution in [0.15, 0.2) is 24.3 Å². The Morgan fingerprint density at radius 2 is 2.18 bits per heavy atom. The molecule has 1 aromatic carbocycles. The lowest BCUT2D eigenvalue weighted by atomic mass is 10.1. The number of carbonyl (C=O) groups excluding carboxylic acids is 1. The third-order valence-electron chi connectivity index (χ3n) is 2.48. The van der Waals surface area contributed by atoms with Gasteiger partial charge < -0.3 is 11.1 Å². The molecular formula is C11H15N3O3. The minimum atomic E-state index is -0.463. The van der Waals surface area contributed by atoms with Gasteiger partial charge in [0.15, 0.2) is 0 Å². The number of nitrogens with two attached hydrogens (primary N) is 1. The van der Waals surface area contributed by atoms with Gasteiger partial charge in [-0.15, -0.1) is 0 Å². The molecule has 0 aliphatic rings. The van der Waals surface area contributed by atoms with E-state index < -0.39 is 16.9 Å². The molecule has 1 unspecified atom stereocenters. The van der Waals surface area contributed by atoms with Gasteiger partial charge in [-0.2, -0.15) is 0 Å². The van der Waals surface area contributed by atoms with E-state index in [1.165, 1.54) is 6.07 Å². The highest BCUT2D eigenvalue weighted by Gasteiger charge is 2.16.